The highest BCUT2D eigenvalue weighted by molar-refractivity contribution is 6.40. The number of carbonyl (C=O) groups is 1. The lowest BCUT2D eigenvalue weighted by Gasteiger charge is -2.24. The number of hydrogen-bond acceptors (Lipinski definition) is 5. The first-order chi connectivity index (χ1) is 15.1. The standard InChI is InChI=1S/C23H14Cl2N2O4/c1-29-19-5-2-4-14-15-10-13(7-8-18(15)31-22(14)19)27(23(28)20-6-3-9-30-20)21-16(24)11-26-12-17(21)25/h2-12H,1H3. The van der Waals surface area contributed by atoms with Crippen LogP contribution in [0.2, 0.25) is 10.0 Å². The first-order valence-corrected chi connectivity index (χ1v) is 10.0. The van der Waals surface area contributed by atoms with Gasteiger partial charge in [-0.3, -0.25) is 14.7 Å². The minimum Gasteiger partial charge on any atom is -0.493 e. The maximum absolute atomic E-state index is 13.4. The molecule has 31 heavy (non-hydrogen) atoms. The zero-order valence-corrected chi connectivity index (χ0v) is 17.6. The number of hydrogen-bond donors (Lipinski definition) is 0. The number of pyridine rings is 1. The van der Waals surface area contributed by atoms with Crippen LogP contribution in [0.3, 0.4) is 0 Å². The Morgan fingerprint density at radius 3 is 2.55 bits per heavy atom. The van der Waals surface area contributed by atoms with Crippen LogP contribution in [-0.2, 0) is 0 Å². The van der Waals surface area contributed by atoms with Gasteiger partial charge in [-0.15, -0.1) is 0 Å². The lowest BCUT2D eigenvalue weighted by atomic mass is 10.1. The van der Waals surface area contributed by atoms with Crippen LogP contribution in [0.5, 0.6) is 5.75 Å². The third-order valence-corrected chi connectivity index (χ3v) is 5.46. The summed E-state index contributed by atoms with van der Waals surface area (Å²) in [5, 5.41) is 2.12. The number of rotatable bonds is 4. The highest BCUT2D eigenvalue weighted by atomic mass is 35.5. The predicted octanol–water partition coefficient (Wildman–Crippen LogP) is 6.87. The van der Waals surface area contributed by atoms with Gasteiger partial charge in [0, 0.05) is 23.2 Å². The van der Waals surface area contributed by atoms with Crippen LogP contribution in [-0.4, -0.2) is 18.0 Å². The lowest BCUT2D eigenvalue weighted by Crippen LogP contribution is -2.26. The maximum Gasteiger partial charge on any atom is 0.298 e. The largest absolute Gasteiger partial charge is 0.493 e. The first-order valence-electron chi connectivity index (χ1n) is 9.24. The molecule has 0 N–H and O–H groups in total. The molecule has 0 fully saturated rings. The molecule has 0 bridgehead atoms. The maximum atomic E-state index is 13.4. The number of carbonyl (C=O) groups excluding carboxylic acids is 1. The van der Waals surface area contributed by atoms with E-state index in [0.29, 0.717) is 28.3 Å². The number of aromatic nitrogens is 1. The van der Waals surface area contributed by atoms with Crippen LogP contribution in [0.15, 0.2) is 76.0 Å². The second kappa shape index (κ2) is 7.65. The van der Waals surface area contributed by atoms with Gasteiger partial charge in [0.15, 0.2) is 17.1 Å². The third-order valence-electron chi connectivity index (χ3n) is 4.91. The molecule has 3 heterocycles. The minimum atomic E-state index is -0.426. The van der Waals surface area contributed by atoms with E-state index < -0.39 is 5.91 Å². The Hall–Kier alpha value is -3.48. The van der Waals surface area contributed by atoms with Crippen molar-refractivity contribution in [2.24, 2.45) is 0 Å². The summed E-state index contributed by atoms with van der Waals surface area (Å²) in [6, 6.07) is 14.2. The fourth-order valence-corrected chi connectivity index (χ4v) is 4.07. The Morgan fingerprint density at radius 1 is 1.03 bits per heavy atom. The van der Waals surface area contributed by atoms with E-state index >= 15 is 0 Å². The minimum absolute atomic E-state index is 0.141. The van der Waals surface area contributed by atoms with Gasteiger partial charge in [-0.2, -0.15) is 0 Å². The number of methoxy groups -OCH3 is 1. The Bertz CT molecular complexity index is 1410. The van der Waals surface area contributed by atoms with E-state index in [9.17, 15) is 4.79 Å². The number of ether oxygens (including phenoxy) is 1. The summed E-state index contributed by atoms with van der Waals surface area (Å²) in [7, 11) is 1.59. The molecule has 0 unspecified atom stereocenters. The van der Waals surface area contributed by atoms with Gasteiger partial charge in [-0.25, -0.2) is 0 Å². The van der Waals surface area contributed by atoms with Crippen molar-refractivity contribution >= 4 is 62.4 Å². The fourth-order valence-electron chi connectivity index (χ4n) is 3.54. The summed E-state index contributed by atoms with van der Waals surface area (Å²) in [6.07, 6.45) is 4.30. The van der Waals surface area contributed by atoms with E-state index in [1.54, 1.807) is 31.4 Å². The van der Waals surface area contributed by atoms with Crippen molar-refractivity contribution in [3.05, 3.63) is 83.0 Å². The van der Waals surface area contributed by atoms with E-state index in [1.165, 1.54) is 23.6 Å². The normalized spacial score (nSPS) is 11.2. The third kappa shape index (κ3) is 3.21. The van der Waals surface area contributed by atoms with Crippen LogP contribution in [0, 0.1) is 0 Å². The SMILES string of the molecule is COc1cccc2c1oc1ccc(N(C(=O)c3ccco3)c3c(Cl)cncc3Cl)cc12. The van der Waals surface area contributed by atoms with Gasteiger partial charge in [0.1, 0.15) is 5.58 Å². The molecule has 6 nitrogen and oxygen atoms in total. The fraction of sp³-hybridized carbons (Fsp3) is 0.0435. The molecule has 0 saturated carbocycles. The van der Waals surface area contributed by atoms with Gasteiger partial charge >= 0.3 is 0 Å². The first kappa shape index (κ1) is 19.5. The predicted molar refractivity (Wildman–Crippen MR) is 120 cm³/mol. The van der Waals surface area contributed by atoms with Crippen LogP contribution >= 0.6 is 23.2 Å². The van der Waals surface area contributed by atoms with E-state index in [-0.39, 0.29) is 15.8 Å². The topological polar surface area (TPSA) is 68.7 Å². The molecule has 0 saturated heterocycles. The molecule has 0 spiro atoms. The van der Waals surface area contributed by atoms with Gasteiger partial charge in [-0.1, -0.05) is 35.3 Å². The van der Waals surface area contributed by atoms with Gasteiger partial charge in [0.25, 0.3) is 5.91 Å². The molecule has 3 aromatic heterocycles. The van der Waals surface area contributed by atoms with Crippen molar-refractivity contribution in [3.8, 4) is 5.75 Å². The molecule has 8 heteroatoms. The average Bonchev–Trinajstić information content (AvgIpc) is 3.43. The summed E-state index contributed by atoms with van der Waals surface area (Å²) < 4.78 is 16.7. The summed E-state index contributed by atoms with van der Waals surface area (Å²) in [4.78, 5) is 18.8. The summed E-state index contributed by atoms with van der Waals surface area (Å²) in [5.74, 6) is 0.339. The molecule has 0 radical (unpaired) electrons. The second-order valence-corrected chi connectivity index (χ2v) is 7.50. The zero-order valence-electron chi connectivity index (χ0n) is 16.1. The number of amides is 1. The summed E-state index contributed by atoms with van der Waals surface area (Å²) in [6.45, 7) is 0. The summed E-state index contributed by atoms with van der Waals surface area (Å²) >= 11 is 12.8. The molecule has 0 atom stereocenters. The second-order valence-electron chi connectivity index (χ2n) is 6.69. The van der Waals surface area contributed by atoms with Gasteiger partial charge in [0.2, 0.25) is 0 Å². The van der Waals surface area contributed by atoms with Crippen molar-refractivity contribution < 1.29 is 18.4 Å². The molecule has 5 aromatic rings. The van der Waals surface area contributed by atoms with Crippen LogP contribution in [0.1, 0.15) is 10.6 Å². The zero-order chi connectivity index (χ0) is 21.5. The lowest BCUT2D eigenvalue weighted by molar-refractivity contribution is 0.0973. The molecule has 154 valence electrons. The van der Waals surface area contributed by atoms with Crippen molar-refractivity contribution in [2.45, 2.75) is 0 Å². The smallest absolute Gasteiger partial charge is 0.298 e. The number of para-hydroxylation sites is 1. The number of fused-ring (bicyclic) bond motifs is 3. The highest BCUT2D eigenvalue weighted by Crippen LogP contribution is 2.41. The van der Waals surface area contributed by atoms with Gasteiger partial charge < -0.3 is 13.6 Å². The number of benzene rings is 2. The van der Waals surface area contributed by atoms with E-state index in [2.05, 4.69) is 4.98 Å². The van der Waals surface area contributed by atoms with Crippen molar-refractivity contribution in [2.75, 3.05) is 12.0 Å². The van der Waals surface area contributed by atoms with E-state index in [1.807, 2.05) is 24.3 Å². The van der Waals surface area contributed by atoms with Crippen LogP contribution in [0.4, 0.5) is 11.4 Å². The van der Waals surface area contributed by atoms with Crippen LogP contribution in [0.25, 0.3) is 21.9 Å². The number of furan rings is 2. The van der Waals surface area contributed by atoms with Crippen LogP contribution < -0.4 is 9.64 Å². The number of anilines is 2. The molecule has 0 aliphatic rings. The van der Waals surface area contributed by atoms with E-state index in [4.69, 9.17) is 36.8 Å². The van der Waals surface area contributed by atoms with Crippen molar-refractivity contribution in [1.82, 2.24) is 4.98 Å². The molecular formula is C23H14Cl2N2O4. The quantitative estimate of drug-likeness (QED) is 0.297. The Kier molecular flexibility index (Phi) is 4.81. The molecule has 5 rings (SSSR count). The number of nitrogens with zero attached hydrogens (tertiary/aromatic N) is 2. The van der Waals surface area contributed by atoms with E-state index in [0.717, 1.165) is 10.8 Å². The highest BCUT2D eigenvalue weighted by Gasteiger charge is 2.27. The molecular weight excluding hydrogens is 439 g/mol. The Balaban J connectivity index is 1.76. The Morgan fingerprint density at radius 2 is 1.84 bits per heavy atom. The van der Waals surface area contributed by atoms with Crippen molar-refractivity contribution in [1.29, 1.82) is 0 Å². The monoisotopic (exact) mass is 452 g/mol. The Labute approximate surface area is 186 Å². The van der Waals surface area contributed by atoms with Crippen molar-refractivity contribution in [3.63, 3.8) is 0 Å². The van der Waals surface area contributed by atoms with Gasteiger partial charge in [-0.05, 0) is 36.4 Å². The molecule has 1 amide bonds. The molecule has 2 aromatic carbocycles. The number of halogens is 2. The molecule has 0 aliphatic carbocycles. The molecule has 0 aliphatic heterocycles. The van der Waals surface area contributed by atoms with Gasteiger partial charge in [0.05, 0.1) is 34.8 Å². The summed E-state index contributed by atoms with van der Waals surface area (Å²) in [5.41, 5.74) is 2.13. The average molecular weight is 453 g/mol.